The second-order valence-electron chi connectivity index (χ2n) is 5.52. The predicted molar refractivity (Wildman–Crippen MR) is 79.1 cm³/mol. The molecule has 1 heteroatoms. The van der Waals surface area contributed by atoms with E-state index in [0.717, 1.165) is 12.5 Å². The Morgan fingerprint density at radius 1 is 1.17 bits per heavy atom. The molecule has 2 rings (SSSR count). The van der Waals surface area contributed by atoms with Crippen molar-refractivity contribution in [1.82, 2.24) is 5.32 Å². The van der Waals surface area contributed by atoms with Crippen LogP contribution in [0.3, 0.4) is 0 Å². The molecular formula is C17H27N. The standard InChI is InChI=1S/C17H27N/c1-3-5-6-7-12-17(18-4-2)16-13-14-10-8-9-11-15(14)16/h8-11,16-18H,3-7,12-13H2,1-2H3. The van der Waals surface area contributed by atoms with Gasteiger partial charge < -0.3 is 5.32 Å². The third kappa shape index (κ3) is 3.14. The van der Waals surface area contributed by atoms with Gasteiger partial charge >= 0.3 is 0 Å². The summed E-state index contributed by atoms with van der Waals surface area (Å²) in [6.07, 6.45) is 8.11. The monoisotopic (exact) mass is 245 g/mol. The number of rotatable bonds is 8. The van der Waals surface area contributed by atoms with Gasteiger partial charge in [-0.3, -0.25) is 0 Å². The van der Waals surface area contributed by atoms with Crippen molar-refractivity contribution in [2.75, 3.05) is 6.54 Å². The van der Waals surface area contributed by atoms with Crippen LogP contribution in [0.5, 0.6) is 0 Å². The summed E-state index contributed by atoms with van der Waals surface area (Å²) in [5, 5.41) is 3.70. The molecule has 0 radical (unpaired) electrons. The van der Waals surface area contributed by atoms with Gasteiger partial charge in [-0.15, -0.1) is 0 Å². The Labute approximate surface area is 112 Å². The van der Waals surface area contributed by atoms with E-state index in [2.05, 4.69) is 43.4 Å². The normalized spacial score (nSPS) is 19.1. The first-order chi connectivity index (χ1) is 8.86. The van der Waals surface area contributed by atoms with E-state index in [0.29, 0.717) is 6.04 Å². The molecule has 2 atom stereocenters. The van der Waals surface area contributed by atoms with Crippen molar-refractivity contribution in [2.24, 2.45) is 0 Å². The van der Waals surface area contributed by atoms with E-state index in [9.17, 15) is 0 Å². The van der Waals surface area contributed by atoms with E-state index >= 15 is 0 Å². The van der Waals surface area contributed by atoms with E-state index in [-0.39, 0.29) is 0 Å². The molecule has 1 N–H and O–H groups in total. The molecule has 1 aliphatic rings. The van der Waals surface area contributed by atoms with E-state index in [1.807, 2.05) is 0 Å². The fraction of sp³-hybridized carbons (Fsp3) is 0.647. The lowest BCUT2D eigenvalue weighted by Gasteiger charge is -2.37. The van der Waals surface area contributed by atoms with Crippen molar-refractivity contribution in [3.05, 3.63) is 35.4 Å². The van der Waals surface area contributed by atoms with Crippen molar-refractivity contribution in [1.29, 1.82) is 0 Å². The van der Waals surface area contributed by atoms with Crippen LogP contribution in [0, 0.1) is 0 Å². The Bertz CT molecular complexity index is 358. The molecule has 0 aliphatic heterocycles. The highest BCUT2D eigenvalue weighted by molar-refractivity contribution is 5.41. The summed E-state index contributed by atoms with van der Waals surface area (Å²) in [5.41, 5.74) is 3.16. The first kappa shape index (κ1) is 13.6. The number of nitrogens with one attached hydrogen (secondary N) is 1. The third-order valence-electron chi connectivity index (χ3n) is 4.22. The summed E-state index contributed by atoms with van der Waals surface area (Å²) < 4.78 is 0. The van der Waals surface area contributed by atoms with Crippen LogP contribution in [0.1, 0.15) is 63.0 Å². The number of likely N-dealkylation sites (N-methyl/N-ethyl adjacent to an activating group) is 1. The molecule has 0 fully saturated rings. The van der Waals surface area contributed by atoms with Crippen molar-refractivity contribution in [3.63, 3.8) is 0 Å². The predicted octanol–water partition coefficient (Wildman–Crippen LogP) is 4.27. The van der Waals surface area contributed by atoms with Gasteiger partial charge in [0.15, 0.2) is 0 Å². The van der Waals surface area contributed by atoms with Crippen LogP contribution in [0.2, 0.25) is 0 Å². The lowest BCUT2D eigenvalue weighted by atomic mass is 9.72. The molecule has 100 valence electrons. The summed E-state index contributed by atoms with van der Waals surface area (Å²) in [7, 11) is 0. The van der Waals surface area contributed by atoms with Crippen LogP contribution in [0.25, 0.3) is 0 Å². The minimum atomic E-state index is 0.696. The summed E-state index contributed by atoms with van der Waals surface area (Å²) >= 11 is 0. The summed E-state index contributed by atoms with van der Waals surface area (Å²) in [6, 6.07) is 9.65. The van der Waals surface area contributed by atoms with Gasteiger partial charge in [-0.2, -0.15) is 0 Å². The van der Waals surface area contributed by atoms with Crippen LogP contribution < -0.4 is 5.32 Å². The van der Waals surface area contributed by atoms with E-state index in [4.69, 9.17) is 0 Å². The zero-order valence-electron chi connectivity index (χ0n) is 11.9. The van der Waals surface area contributed by atoms with Gasteiger partial charge in [-0.05, 0) is 30.5 Å². The van der Waals surface area contributed by atoms with Gasteiger partial charge in [0.1, 0.15) is 0 Å². The fourth-order valence-corrected chi connectivity index (χ4v) is 3.16. The summed E-state index contributed by atoms with van der Waals surface area (Å²) in [5.74, 6) is 0.766. The summed E-state index contributed by atoms with van der Waals surface area (Å²) in [6.45, 7) is 5.60. The fourth-order valence-electron chi connectivity index (χ4n) is 3.16. The Balaban J connectivity index is 1.87. The zero-order valence-corrected chi connectivity index (χ0v) is 11.9. The Hall–Kier alpha value is -0.820. The molecule has 0 saturated carbocycles. The minimum Gasteiger partial charge on any atom is -0.314 e. The van der Waals surface area contributed by atoms with Gasteiger partial charge in [0.05, 0.1) is 0 Å². The molecule has 1 aromatic carbocycles. The molecule has 0 bridgehead atoms. The maximum absolute atomic E-state index is 3.70. The Kier molecular flexibility index (Phi) is 5.25. The molecule has 0 amide bonds. The van der Waals surface area contributed by atoms with E-state index in [1.54, 1.807) is 11.1 Å². The second-order valence-corrected chi connectivity index (χ2v) is 5.52. The van der Waals surface area contributed by atoms with Gasteiger partial charge in [-0.1, -0.05) is 63.8 Å². The molecule has 1 aliphatic carbocycles. The molecule has 18 heavy (non-hydrogen) atoms. The highest BCUT2D eigenvalue weighted by Gasteiger charge is 2.31. The largest absolute Gasteiger partial charge is 0.314 e. The first-order valence-corrected chi connectivity index (χ1v) is 7.68. The van der Waals surface area contributed by atoms with Gasteiger partial charge in [0.25, 0.3) is 0 Å². The second kappa shape index (κ2) is 6.94. The van der Waals surface area contributed by atoms with Crippen molar-refractivity contribution < 1.29 is 0 Å². The van der Waals surface area contributed by atoms with Crippen molar-refractivity contribution >= 4 is 0 Å². The Morgan fingerprint density at radius 3 is 2.72 bits per heavy atom. The van der Waals surface area contributed by atoms with Crippen LogP contribution in [-0.2, 0) is 6.42 Å². The molecule has 0 heterocycles. The highest BCUT2D eigenvalue weighted by atomic mass is 14.9. The van der Waals surface area contributed by atoms with Crippen LogP contribution in [0.4, 0.5) is 0 Å². The molecule has 2 unspecified atom stereocenters. The minimum absolute atomic E-state index is 0.696. The first-order valence-electron chi connectivity index (χ1n) is 7.68. The average Bonchev–Trinajstić information content (AvgIpc) is 2.36. The topological polar surface area (TPSA) is 12.0 Å². The SMILES string of the molecule is CCCCCCC(NCC)C1Cc2ccccc21. The number of hydrogen-bond donors (Lipinski definition) is 1. The molecule has 0 aromatic heterocycles. The van der Waals surface area contributed by atoms with Crippen molar-refractivity contribution in [3.8, 4) is 0 Å². The van der Waals surface area contributed by atoms with Crippen LogP contribution in [-0.4, -0.2) is 12.6 Å². The van der Waals surface area contributed by atoms with Crippen LogP contribution >= 0.6 is 0 Å². The number of fused-ring (bicyclic) bond motifs is 1. The molecule has 1 aromatic rings. The highest BCUT2D eigenvalue weighted by Crippen LogP contribution is 2.38. The zero-order chi connectivity index (χ0) is 12.8. The van der Waals surface area contributed by atoms with E-state index < -0.39 is 0 Å². The maximum atomic E-state index is 3.70. The third-order valence-corrected chi connectivity index (χ3v) is 4.22. The number of benzene rings is 1. The van der Waals surface area contributed by atoms with Gasteiger partial charge in [-0.25, -0.2) is 0 Å². The molecule has 1 nitrogen and oxygen atoms in total. The number of unbranched alkanes of at least 4 members (excludes halogenated alkanes) is 3. The van der Waals surface area contributed by atoms with Crippen LogP contribution in [0.15, 0.2) is 24.3 Å². The molecule has 0 saturated heterocycles. The quantitative estimate of drug-likeness (QED) is 0.674. The lowest BCUT2D eigenvalue weighted by Crippen LogP contribution is -2.39. The van der Waals surface area contributed by atoms with Gasteiger partial charge in [0.2, 0.25) is 0 Å². The van der Waals surface area contributed by atoms with E-state index in [1.165, 1.54) is 38.5 Å². The Morgan fingerprint density at radius 2 is 2.00 bits per heavy atom. The van der Waals surface area contributed by atoms with Crippen molar-refractivity contribution in [2.45, 2.75) is 64.3 Å². The molecule has 0 spiro atoms. The number of hydrogen-bond acceptors (Lipinski definition) is 1. The molecular weight excluding hydrogens is 218 g/mol. The average molecular weight is 245 g/mol. The maximum Gasteiger partial charge on any atom is 0.0139 e. The van der Waals surface area contributed by atoms with Gasteiger partial charge in [0, 0.05) is 12.0 Å². The lowest BCUT2D eigenvalue weighted by molar-refractivity contribution is 0.373. The summed E-state index contributed by atoms with van der Waals surface area (Å²) in [4.78, 5) is 0. The smallest absolute Gasteiger partial charge is 0.0139 e.